The summed E-state index contributed by atoms with van der Waals surface area (Å²) < 4.78 is 0. The third-order valence-corrected chi connectivity index (χ3v) is 2.34. The number of carbonyl (C=O) groups excluding carboxylic acids is 1. The van der Waals surface area contributed by atoms with Crippen LogP contribution < -0.4 is 10.6 Å². The molecule has 0 saturated heterocycles. The summed E-state index contributed by atoms with van der Waals surface area (Å²) in [5, 5.41) is 13.9. The first-order valence-corrected chi connectivity index (χ1v) is 6.16. The minimum Gasteiger partial charge on any atom is -0.478 e. The highest BCUT2D eigenvalue weighted by Crippen LogP contribution is 2.11. The first-order chi connectivity index (χ1) is 9.47. The van der Waals surface area contributed by atoms with Crippen LogP contribution in [0.2, 0.25) is 0 Å². The van der Waals surface area contributed by atoms with E-state index in [1.807, 2.05) is 19.9 Å². The number of hydrogen-bond donors (Lipinski definition) is 3. The highest BCUT2D eigenvalue weighted by molar-refractivity contribution is 5.90. The van der Waals surface area contributed by atoms with Crippen LogP contribution in [0.3, 0.4) is 0 Å². The summed E-state index contributed by atoms with van der Waals surface area (Å²) in [4.78, 5) is 22.0. The molecular formula is C15H18N2O3. The summed E-state index contributed by atoms with van der Waals surface area (Å²) in [5.41, 5.74) is 2.44. The SMILES string of the molecule is CC(C)=CCNC(=O)Nc1cccc(/C=C/C(=O)O)c1. The number of hydrogen-bond acceptors (Lipinski definition) is 2. The number of nitrogens with one attached hydrogen (secondary N) is 2. The van der Waals surface area contributed by atoms with E-state index in [0.717, 1.165) is 11.6 Å². The maximum atomic E-state index is 11.6. The zero-order chi connectivity index (χ0) is 15.0. The summed E-state index contributed by atoms with van der Waals surface area (Å²) in [7, 11) is 0. The zero-order valence-electron chi connectivity index (χ0n) is 11.5. The standard InChI is InChI=1S/C15H18N2O3/c1-11(2)8-9-16-15(20)17-13-5-3-4-12(10-13)6-7-14(18)19/h3-8,10H,9H2,1-2H3,(H,18,19)(H2,16,17,20)/b7-6+. The van der Waals surface area contributed by atoms with Gasteiger partial charge in [-0.1, -0.05) is 23.8 Å². The third-order valence-electron chi connectivity index (χ3n) is 2.34. The van der Waals surface area contributed by atoms with Gasteiger partial charge in [-0.3, -0.25) is 0 Å². The molecule has 20 heavy (non-hydrogen) atoms. The Hall–Kier alpha value is -2.56. The molecule has 2 amide bonds. The van der Waals surface area contributed by atoms with E-state index in [1.165, 1.54) is 6.08 Å². The predicted molar refractivity (Wildman–Crippen MR) is 79.6 cm³/mol. The Morgan fingerprint density at radius 1 is 1.30 bits per heavy atom. The van der Waals surface area contributed by atoms with Crippen LogP contribution in [0.1, 0.15) is 19.4 Å². The predicted octanol–water partition coefficient (Wildman–Crippen LogP) is 2.87. The molecule has 0 atom stereocenters. The molecule has 0 saturated carbocycles. The number of benzene rings is 1. The average molecular weight is 274 g/mol. The Balaban J connectivity index is 2.59. The molecule has 0 radical (unpaired) electrons. The molecule has 5 nitrogen and oxygen atoms in total. The maximum Gasteiger partial charge on any atom is 0.328 e. The lowest BCUT2D eigenvalue weighted by molar-refractivity contribution is -0.131. The molecule has 3 N–H and O–H groups in total. The molecule has 0 aromatic heterocycles. The zero-order valence-corrected chi connectivity index (χ0v) is 11.5. The second-order valence-corrected chi connectivity index (χ2v) is 4.41. The molecular weight excluding hydrogens is 256 g/mol. The summed E-state index contributed by atoms with van der Waals surface area (Å²) in [6.45, 7) is 4.38. The lowest BCUT2D eigenvalue weighted by atomic mass is 10.2. The van der Waals surface area contributed by atoms with Crippen molar-refractivity contribution in [3.05, 3.63) is 47.6 Å². The Morgan fingerprint density at radius 3 is 2.70 bits per heavy atom. The molecule has 1 aromatic rings. The van der Waals surface area contributed by atoms with E-state index < -0.39 is 5.97 Å². The van der Waals surface area contributed by atoms with E-state index in [4.69, 9.17) is 5.11 Å². The highest BCUT2D eigenvalue weighted by Gasteiger charge is 2.00. The summed E-state index contributed by atoms with van der Waals surface area (Å²) in [6, 6.07) is 6.62. The van der Waals surface area contributed by atoms with E-state index >= 15 is 0 Å². The van der Waals surface area contributed by atoms with E-state index in [9.17, 15) is 9.59 Å². The molecule has 0 heterocycles. The number of carboxylic acids is 1. The van der Waals surface area contributed by atoms with Crippen molar-refractivity contribution in [2.45, 2.75) is 13.8 Å². The van der Waals surface area contributed by atoms with Crippen LogP contribution in [0, 0.1) is 0 Å². The number of carboxylic acid groups (broad SMARTS) is 1. The molecule has 1 rings (SSSR count). The van der Waals surface area contributed by atoms with Gasteiger partial charge in [0, 0.05) is 18.3 Å². The Morgan fingerprint density at radius 2 is 2.05 bits per heavy atom. The summed E-state index contributed by atoms with van der Waals surface area (Å²) >= 11 is 0. The van der Waals surface area contributed by atoms with Crippen LogP contribution in [0.25, 0.3) is 6.08 Å². The van der Waals surface area contributed by atoms with Crippen molar-refractivity contribution in [2.24, 2.45) is 0 Å². The van der Waals surface area contributed by atoms with Gasteiger partial charge in [0.25, 0.3) is 0 Å². The Bertz CT molecular complexity index is 544. The fourth-order valence-corrected chi connectivity index (χ4v) is 1.41. The lowest BCUT2D eigenvalue weighted by Gasteiger charge is -2.06. The molecule has 1 aromatic carbocycles. The van der Waals surface area contributed by atoms with Crippen LogP contribution in [-0.2, 0) is 4.79 Å². The van der Waals surface area contributed by atoms with Crippen LogP contribution in [0.15, 0.2) is 42.0 Å². The van der Waals surface area contributed by atoms with Crippen molar-refractivity contribution < 1.29 is 14.7 Å². The first-order valence-electron chi connectivity index (χ1n) is 6.16. The van der Waals surface area contributed by atoms with Gasteiger partial charge in [0.15, 0.2) is 0 Å². The topological polar surface area (TPSA) is 78.4 Å². The molecule has 0 bridgehead atoms. The largest absolute Gasteiger partial charge is 0.478 e. The normalized spacial score (nSPS) is 10.1. The number of anilines is 1. The van der Waals surface area contributed by atoms with Crippen molar-refractivity contribution in [1.29, 1.82) is 0 Å². The summed E-state index contributed by atoms with van der Waals surface area (Å²) in [6.07, 6.45) is 4.42. The monoisotopic (exact) mass is 274 g/mol. The molecule has 0 unspecified atom stereocenters. The van der Waals surface area contributed by atoms with Gasteiger partial charge in [-0.15, -0.1) is 0 Å². The van der Waals surface area contributed by atoms with E-state index in [-0.39, 0.29) is 6.03 Å². The highest BCUT2D eigenvalue weighted by atomic mass is 16.4. The average Bonchev–Trinajstić information content (AvgIpc) is 2.36. The fraction of sp³-hybridized carbons (Fsp3) is 0.200. The third kappa shape index (κ3) is 6.39. The van der Waals surface area contributed by atoms with Gasteiger partial charge in [0.05, 0.1) is 0 Å². The number of carbonyl (C=O) groups is 2. The number of aliphatic carboxylic acids is 1. The van der Waals surface area contributed by atoms with Crippen molar-refractivity contribution >= 4 is 23.8 Å². The molecule has 0 fully saturated rings. The van der Waals surface area contributed by atoms with Crippen molar-refractivity contribution in [3.63, 3.8) is 0 Å². The molecule has 0 spiro atoms. The van der Waals surface area contributed by atoms with Gasteiger partial charge in [-0.05, 0) is 37.6 Å². The number of urea groups is 1. The number of rotatable bonds is 5. The smallest absolute Gasteiger partial charge is 0.328 e. The molecule has 0 aliphatic rings. The van der Waals surface area contributed by atoms with E-state index in [1.54, 1.807) is 24.3 Å². The van der Waals surface area contributed by atoms with Crippen molar-refractivity contribution in [2.75, 3.05) is 11.9 Å². The Labute approximate surface area is 118 Å². The molecule has 5 heteroatoms. The maximum absolute atomic E-state index is 11.6. The van der Waals surface area contributed by atoms with Gasteiger partial charge in [0.1, 0.15) is 0 Å². The van der Waals surface area contributed by atoms with Crippen LogP contribution in [0.5, 0.6) is 0 Å². The fourth-order valence-electron chi connectivity index (χ4n) is 1.41. The number of allylic oxidation sites excluding steroid dienone is 1. The van der Waals surface area contributed by atoms with Crippen LogP contribution >= 0.6 is 0 Å². The summed E-state index contributed by atoms with van der Waals surface area (Å²) in [5.74, 6) is -1.01. The van der Waals surface area contributed by atoms with Crippen molar-refractivity contribution in [1.82, 2.24) is 5.32 Å². The minimum atomic E-state index is -1.01. The molecule has 0 aliphatic heterocycles. The van der Waals surface area contributed by atoms with Gasteiger partial charge in [-0.25, -0.2) is 9.59 Å². The van der Waals surface area contributed by atoms with Crippen LogP contribution in [0.4, 0.5) is 10.5 Å². The second-order valence-electron chi connectivity index (χ2n) is 4.41. The van der Waals surface area contributed by atoms with Crippen LogP contribution in [-0.4, -0.2) is 23.7 Å². The van der Waals surface area contributed by atoms with E-state index in [0.29, 0.717) is 17.8 Å². The molecule has 106 valence electrons. The van der Waals surface area contributed by atoms with Gasteiger partial charge in [0.2, 0.25) is 0 Å². The van der Waals surface area contributed by atoms with Crippen molar-refractivity contribution in [3.8, 4) is 0 Å². The first kappa shape index (κ1) is 15.5. The van der Waals surface area contributed by atoms with Gasteiger partial charge < -0.3 is 15.7 Å². The number of amides is 2. The van der Waals surface area contributed by atoms with Gasteiger partial charge >= 0.3 is 12.0 Å². The van der Waals surface area contributed by atoms with Gasteiger partial charge in [-0.2, -0.15) is 0 Å². The molecule has 0 aliphatic carbocycles. The second kappa shape index (κ2) is 7.78. The Kier molecular flexibility index (Phi) is 6.03. The minimum absolute atomic E-state index is 0.304. The lowest BCUT2D eigenvalue weighted by Crippen LogP contribution is -2.28. The van der Waals surface area contributed by atoms with E-state index in [2.05, 4.69) is 10.6 Å². The quantitative estimate of drug-likeness (QED) is 0.570.